The molecule has 2 nitrogen and oxygen atoms in total. The van der Waals surface area contributed by atoms with Gasteiger partial charge < -0.3 is 5.32 Å². The van der Waals surface area contributed by atoms with Gasteiger partial charge in [0.05, 0.1) is 0 Å². The zero-order chi connectivity index (χ0) is 22.1. The van der Waals surface area contributed by atoms with Crippen molar-refractivity contribution in [1.82, 2.24) is 5.32 Å². The molecule has 178 valence electrons. The molecule has 1 unspecified atom stereocenters. The quantitative estimate of drug-likeness (QED) is 0.383. The first-order valence-electron chi connectivity index (χ1n) is 7.26. The summed E-state index contributed by atoms with van der Waals surface area (Å²) < 4.78 is 155. The second-order valence-electron chi connectivity index (χ2n) is 5.70. The maximum atomic E-state index is 13.4. The molecule has 29 heavy (non-hydrogen) atoms. The Labute approximate surface area is 160 Å². The van der Waals surface area contributed by atoms with E-state index in [1.807, 2.05) is 0 Å². The summed E-state index contributed by atoms with van der Waals surface area (Å²) in [4.78, 5) is 11.3. The molecule has 0 heterocycles. The average molecular weight is 461 g/mol. The van der Waals surface area contributed by atoms with Crippen molar-refractivity contribution < 1.29 is 57.5 Å². The first kappa shape index (κ1) is 32.3. The van der Waals surface area contributed by atoms with Crippen LogP contribution in [0.25, 0.3) is 0 Å². The van der Waals surface area contributed by atoms with Crippen LogP contribution in [0.1, 0.15) is 41.5 Å². The number of carbonyl (C=O) groups excluding carboxylic acids is 1. The summed E-state index contributed by atoms with van der Waals surface area (Å²) in [5.41, 5.74) is 0. The van der Waals surface area contributed by atoms with E-state index >= 15 is 0 Å². The molecule has 0 spiro atoms. The van der Waals surface area contributed by atoms with E-state index in [0.29, 0.717) is 0 Å². The molecule has 0 saturated carbocycles. The van der Waals surface area contributed by atoms with Gasteiger partial charge in [0.15, 0.2) is 0 Å². The van der Waals surface area contributed by atoms with Crippen LogP contribution in [0.4, 0.5) is 52.7 Å². The SMILES string of the molecule is C.C.CCC(C)C(=O)NCCC(F)(F)C(F)(F)C(F)(F)C(F)(F)C(F)(F)C(F)F. The van der Waals surface area contributed by atoms with Crippen LogP contribution in [0, 0.1) is 5.92 Å². The molecule has 1 N–H and O–H groups in total. The fourth-order valence-electron chi connectivity index (χ4n) is 1.63. The minimum atomic E-state index is -7.54. The monoisotopic (exact) mass is 461 g/mol. The number of hydrogen-bond donors (Lipinski definition) is 1. The van der Waals surface area contributed by atoms with Crippen molar-refractivity contribution in [2.45, 2.75) is 77.6 Å². The Morgan fingerprint density at radius 3 is 1.59 bits per heavy atom. The van der Waals surface area contributed by atoms with Crippen molar-refractivity contribution in [3.05, 3.63) is 0 Å². The van der Waals surface area contributed by atoms with E-state index in [4.69, 9.17) is 0 Å². The minimum Gasteiger partial charge on any atom is -0.356 e. The lowest BCUT2D eigenvalue weighted by molar-refractivity contribution is -0.413. The first-order valence-corrected chi connectivity index (χ1v) is 7.26. The largest absolute Gasteiger partial charge is 0.384 e. The van der Waals surface area contributed by atoms with Gasteiger partial charge in [0.1, 0.15) is 0 Å². The Balaban J connectivity index is -0.00000338. The summed E-state index contributed by atoms with van der Waals surface area (Å²) in [5.74, 6) is -37.0. The maximum Gasteiger partial charge on any atom is 0.384 e. The van der Waals surface area contributed by atoms with Crippen molar-refractivity contribution in [2.24, 2.45) is 5.92 Å². The Morgan fingerprint density at radius 1 is 0.828 bits per heavy atom. The second kappa shape index (κ2) is 10.1. The van der Waals surface area contributed by atoms with E-state index in [1.165, 1.54) is 13.8 Å². The summed E-state index contributed by atoms with van der Waals surface area (Å²) in [7, 11) is 0. The number of halogens is 12. The fraction of sp³-hybridized carbons (Fsp3) is 0.933. The molecule has 0 rings (SSSR count). The highest BCUT2D eigenvalue weighted by Gasteiger charge is 2.87. The van der Waals surface area contributed by atoms with Crippen LogP contribution in [0.15, 0.2) is 0 Å². The van der Waals surface area contributed by atoms with E-state index in [1.54, 1.807) is 5.32 Å². The highest BCUT2D eigenvalue weighted by molar-refractivity contribution is 5.78. The third-order valence-corrected chi connectivity index (χ3v) is 3.74. The molecule has 0 aromatic carbocycles. The number of rotatable bonds is 10. The Morgan fingerprint density at radius 2 is 1.24 bits per heavy atom. The van der Waals surface area contributed by atoms with Gasteiger partial charge in [0.2, 0.25) is 5.91 Å². The van der Waals surface area contributed by atoms with Crippen LogP contribution in [-0.2, 0) is 4.79 Å². The molecule has 0 aliphatic heterocycles. The lowest BCUT2D eigenvalue weighted by Crippen LogP contribution is -2.68. The van der Waals surface area contributed by atoms with Gasteiger partial charge in [-0.25, -0.2) is 8.78 Å². The van der Waals surface area contributed by atoms with Gasteiger partial charge in [-0.15, -0.1) is 0 Å². The average Bonchev–Trinajstić information content (AvgIpc) is 2.52. The van der Waals surface area contributed by atoms with Crippen molar-refractivity contribution in [3.8, 4) is 0 Å². The van der Waals surface area contributed by atoms with Gasteiger partial charge in [-0.1, -0.05) is 28.7 Å². The lowest BCUT2D eigenvalue weighted by atomic mass is 9.93. The van der Waals surface area contributed by atoms with Crippen LogP contribution in [-0.4, -0.2) is 48.5 Å². The molecular weight excluding hydrogens is 438 g/mol. The first-order chi connectivity index (χ1) is 11.8. The number of amides is 1. The zero-order valence-electron chi connectivity index (χ0n) is 13.7. The Hall–Kier alpha value is -1.37. The zero-order valence-corrected chi connectivity index (χ0v) is 13.7. The summed E-state index contributed by atoms with van der Waals surface area (Å²) in [6.45, 7) is 1.39. The van der Waals surface area contributed by atoms with Gasteiger partial charge >= 0.3 is 36.0 Å². The molecular formula is C15H23F12NO. The normalized spacial score (nSPS) is 14.7. The molecule has 0 saturated heterocycles. The summed E-state index contributed by atoms with van der Waals surface area (Å²) >= 11 is 0. The van der Waals surface area contributed by atoms with Gasteiger partial charge in [0.25, 0.3) is 0 Å². The van der Waals surface area contributed by atoms with Crippen molar-refractivity contribution in [2.75, 3.05) is 6.54 Å². The predicted octanol–water partition coefficient (Wildman–Crippen LogP) is 6.25. The van der Waals surface area contributed by atoms with Crippen LogP contribution in [0.2, 0.25) is 0 Å². The summed E-state index contributed by atoms with van der Waals surface area (Å²) in [5, 5.41) is 1.65. The standard InChI is InChI=1S/C13H15F12NO.2CH4/c1-3-6(2)7(27)26-5-4-9(16,17)11(20,21)13(24,25)12(22,23)10(18,19)8(14)15;;/h6,8H,3-5H2,1-2H3,(H,26,27);2*1H4. The third-order valence-electron chi connectivity index (χ3n) is 3.74. The lowest BCUT2D eigenvalue weighted by Gasteiger charge is -2.39. The highest BCUT2D eigenvalue weighted by atomic mass is 19.4. The fourth-order valence-corrected chi connectivity index (χ4v) is 1.63. The molecule has 0 fully saturated rings. The number of alkyl halides is 12. The van der Waals surface area contributed by atoms with Gasteiger partial charge in [-0.05, 0) is 6.42 Å². The molecule has 14 heteroatoms. The molecule has 1 atom stereocenters. The van der Waals surface area contributed by atoms with Crippen LogP contribution in [0.5, 0.6) is 0 Å². The Kier molecular flexibility index (Phi) is 11.2. The van der Waals surface area contributed by atoms with Crippen molar-refractivity contribution >= 4 is 5.91 Å². The summed E-state index contributed by atoms with van der Waals surface area (Å²) in [6, 6.07) is 0. The van der Waals surface area contributed by atoms with E-state index in [-0.39, 0.29) is 21.3 Å². The minimum absolute atomic E-state index is 0. The van der Waals surface area contributed by atoms with Gasteiger partial charge in [0, 0.05) is 18.9 Å². The van der Waals surface area contributed by atoms with E-state index in [0.717, 1.165) is 0 Å². The van der Waals surface area contributed by atoms with E-state index in [2.05, 4.69) is 0 Å². The second-order valence-corrected chi connectivity index (χ2v) is 5.70. The molecule has 1 amide bonds. The Bertz CT molecular complexity index is 521. The molecule has 0 radical (unpaired) electrons. The topological polar surface area (TPSA) is 29.1 Å². The summed E-state index contributed by atoms with van der Waals surface area (Å²) in [6.07, 6.45) is -7.68. The molecule has 0 aliphatic carbocycles. The van der Waals surface area contributed by atoms with Gasteiger partial charge in [-0.2, -0.15) is 43.9 Å². The highest BCUT2D eigenvalue weighted by Crippen LogP contribution is 2.58. The van der Waals surface area contributed by atoms with Crippen LogP contribution in [0.3, 0.4) is 0 Å². The van der Waals surface area contributed by atoms with Crippen molar-refractivity contribution in [1.29, 1.82) is 0 Å². The molecule has 0 aliphatic rings. The number of carbonyl (C=O) groups is 1. The third kappa shape index (κ3) is 5.62. The van der Waals surface area contributed by atoms with Crippen LogP contribution >= 0.6 is 0 Å². The van der Waals surface area contributed by atoms with E-state index in [9.17, 15) is 57.5 Å². The van der Waals surface area contributed by atoms with E-state index < -0.39 is 60.8 Å². The van der Waals surface area contributed by atoms with Crippen molar-refractivity contribution in [3.63, 3.8) is 0 Å². The van der Waals surface area contributed by atoms with Crippen LogP contribution < -0.4 is 5.32 Å². The maximum absolute atomic E-state index is 13.4. The molecule has 0 aromatic rings. The smallest absolute Gasteiger partial charge is 0.356 e. The molecule has 0 aromatic heterocycles. The van der Waals surface area contributed by atoms with Gasteiger partial charge in [-0.3, -0.25) is 4.79 Å². The number of nitrogens with one attached hydrogen (secondary N) is 1. The molecule has 0 bridgehead atoms. The number of hydrogen-bond acceptors (Lipinski definition) is 1. The predicted molar refractivity (Wildman–Crippen MR) is 81.3 cm³/mol.